The largest absolute Gasteiger partial charge is 0.385 e. The van der Waals surface area contributed by atoms with E-state index < -0.39 is 5.91 Å². The molecule has 1 aromatic rings. The Labute approximate surface area is 118 Å². The average molecular weight is 278 g/mol. The monoisotopic (exact) mass is 277 g/mol. The number of halogens is 1. The summed E-state index contributed by atoms with van der Waals surface area (Å²) in [5.74, 6) is -0.457. The molecule has 1 rings (SSSR count). The van der Waals surface area contributed by atoms with Gasteiger partial charge in [0.1, 0.15) is 11.6 Å². The zero-order chi connectivity index (χ0) is 14.5. The normalized spacial score (nSPS) is 11.6. The fourth-order valence-corrected chi connectivity index (χ4v) is 1.29. The highest BCUT2D eigenvalue weighted by atomic mass is 35.5. The second-order valence-corrected chi connectivity index (χ2v) is 5.46. The molecular weight excluding hydrogens is 262 g/mol. The van der Waals surface area contributed by atoms with Gasteiger partial charge < -0.3 is 10.6 Å². The first-order valence-electron chi connectivity index (χ1n) is 5.77. The van der Waals surface area contributed by atoms with Crippen LogP contribution in [0, 0.1) is 11.3 Å². The number of amides is 1. The number of hydrogen-bond acceptors (Lipinski definition) is 3. The third-order valence-electron chi connectivity index (χ3n) is 2.12. The average Bonchev–Trinajstić information content (AvgIpc) is 2.31. The van der Waals surface area contributed by atoms with Crippen LogP contribution >= 0.6 is 11.6 Å². The van der Waals surface area contributed by atoms with Crippen LogP contribution in [0.2, 0.25) is 5.02 Å². The van der Waals surface area contributed by atoms with Gasteiger partial charge in [0.25, 0.3) is 5.91 Å². The van der Waals surface area contributed by atoms with Crippen molar-refractivity contribution in [2.24, 2.45) is 0 Å². The van der Waals surface area contributed by atoms with Crippen molar-refractivity contribution in [1.82, 2.24) is 5.32 Å². The molecule has 1 aromatic carbocycles. The highest BCUT2D eigenvalue weighted by Crippen LogP contribution is 2.14. The number of carbonyl (C=O) groups excluding carboxylic acids is 1. The molecule has 0 saturated heterocycles. The molecule has 19 heavy (non-hydrogen) atoms. The molecule has 2 N–H and O–H groups in total. The lowest BCUT2D eigenvalue weighted by Gasteiger charge is -2.18. The summed E-state index contributed by atoms with van der Waals surface area (Å²) in [6.07, 6.45) is 1.42. The molecule has 0 aliphatic rings. The van der Waals surface area contributed by atoms with Crippen LogP contribution in [0.3, 0.4) is 0 Å². The molecule has 0 aliphatic heterocycles. The number of carbonyl (C=O) groups is 1. The number of hydrogen-bond donors (Lipinski definition) is 2. The smallest absolute Gasteiger partial charge is 0.267 e. The van der Waals surface area contributed by atoms with Crippen molar-refractivity contribution in [1.29, 1.82) is 5.26 Å². The molecule has 4 nitrogen and oxygen atoms in total. The zero-order valence-corrected chi connectivity index (χ0v) is 11.9. The first-order chi connectivity index (χ1) is 8.81. The van der Waals surface area contributed by atoms with E-state index in [1.807, 2.05) is 26.8 Å². The standard InChI is InChI=1S/C14H16ClN3O/c1-14(2,3)17-9-10(8-16)13(19)18-12-6-4-11(15)5-7-12/h4-7,9,17H,1-3H3,(H,18,19)/b10-9-. The minimum Gasteiger partial charge on any atom is -0.385 e. The van der Waals surface area contributed by atoms with E-state index in [1.54, 1.807) is 24.3 Å². The van der Waals surface area contributed by atoms with Crippen LogP contribution in [-0.4, -0.2) is 11.4 Å². The van der Waals surface area contributed by atoms with Gasteiger partial charge in [-0.15, -0.1) is 0 Å². The first-order valence-corrected chi connectivity index (χ1v) is 6.14. The fraction of sp³-hybridized carbons (Fsp3) is 0.286. The van der Waals surface area contributed by atoms with Crippen LogP contribution in [0.5, 0.6) is 0 Å². The maximum atomic E-state index is 11.9. The number of benzene rings is 1. The van der Waals surface area contributed by atoms with Gasteiger partial charge in [0.15, 0.2) is 0 Å². The molecule has 1 amide bonds. The van der Waals surface area contributed by atoms with Gasteiger partial charge in [-0.3, -0.25) is 4.79 Å². The maximum absolute atomic E-state index is 11.9. The number of rotatable bonds is 3. The lowest BCUT2D eigenvalue weighted by atomic mass is 10.1. The Balaban J connectivity index is 2.75. The molecule has 0 aromatic heterocycles. The van der Waals surface area contributed by atoms with E-state index in [1.165, 1.54) is 6.20 Å². The van der Waals surface area contributed by atoms with E-state index in [0.29, 0.717) is 10.7 Å². The van der Waals surface area contributed by atoms with Crippen LogP contribution in [0.4, 0.5) is 5.69 Å². The lowest BCUT2D eigenvalue weighted by Crippen LogP contribution is -2.32. The van der Waals surface area contributed by atoms with E-state index in [-0.39, 0.29) is 11.1 Å². The molecular formula is C14H16ClN3O. The summed E-state index contributed by atoms with van der Waals surface area (Å²) < 4.78 is 0. The van der Waals surface area contributed by atoms with Crippen molar-refractivity contribution < 1.29 is 4.79 Å². The molecule has 5 heteroatoms. The summed E-state index contributed by atoms with van der Waals surface area (Å²) in [5.41, 5.74) is 0.402. The number of nitrogens with one attached hydrogen (secondary N) is 2. The van der Waals surface area contributed by atoms with Crippen LogP contribution < -0.4 is 10.6 Å². The van der Waals surface area contributed by atoms with Crippen molar-refractivity contribution in [3.63, 3.8) is 0 Å². The summed E-state index contributed by atoms with van der Waals surface area (Å²) in [7, 11) is 0. The van der Waals surface area contributed by atoms with Crippen molar-refractivity contribution in [2.45, 2.75) is 26.3 Å². The second kappa shape index (κ2) is 6.26. The molecule has 0 fully saturated rings. The summed E-state index contributed by atoms with van der Waals surface area (Å²) in [6, 6.07) is 8.55. The summed E-state index contributed by atoms with van der Waals surface area (Å²) in [4.78, 5) is 11.9. The van der Waals surface area contributed by atoms with E-state index in [0.717, 1.165) is 0 Å². The van der Waals surface area contributed by atoms with Crippen LogP contribution in [0.1, 0.15) is 20.8 Å². The third kappa shape index (κ3) is 5.45. The van der Waals surface area contributed by atoms with Gasteiger partial charge in [-0.2, -0.15) is 5.26 Å². The third-order valence-corrected chi connectivity index (χ3v) is 2.37. The van der Waals surface area contributed by atoms with Crippen molar-refractivity contribution >= 4 is 23.2 Å². The predicted octanol–water partition coefficient (Wildman–Crippen LogP) is 3.07. The molecule has 0 radical (unpaired) electrons. The quantitative estimate of drug-likeness (QED) is 0.659. The molecule has 0 saturated carbocycles. The van der Waals surface area contributed by atoms with Gasteiger partial charge in [0, 0.05) is 22.4 Å². The molecule has 100 valence electrons. The highest BCUT2D eigenvalue weighted by molar-refractivity contribution is 6.30. The second-order valence-electron chi connectivity index (χ2n) is 5.03. The highest BCUT2D eigenvalue weighted by Gasteiger charge is 2.12. The number of nitriles is 1. The van der Waals surface area contributed by atoms with Crippen molar-refractivity contribution in [2.75, 3.05) is 5.32 Å². The van der Waals surface area contributed by atoms with Gasteiger partial charge in [0.05, 0.1) is 0 Å². The van der Waals surface area contributed by atoms with Gasteiger partial charge in [-0.25, -0.2) is 0 Å². The van der Waals surface area contributed by atoms with E-state index in [4.69, 9.17) is 16.9 Å². The van der Waals surface area contributed by atoms with Crippen LogP contribution in [0.15, 0.2) is 36.0 Å². The van der Waals surface area contributed by atoms with Crippen LogP contribution in [0.25, 0.3) is 0 Å². The zero-order valence-electron chi connectivity index (χ0n) is 11.1. The molecule has 0 aliphatic carbocycles. The Hall–Kier alpha value is -1.99. The molecule has 0 spiro atoms. The Bertz CT molecular complexity index is 521. The lowest BCUT2D eigenvalue weighted by molar-refractivity contribution is -0.112. The topological polar surface area (TPSA) is 64.9 Å². The van der Waals surface area contributed by atoms with Gasteiger partial charge in [-0.1, -0.05) is 11.6 Å². The van der Waals surface area contributed by atoms with Crippen molar-refractivity contribution in [3.05, 3.63) is 41.1 Å². The molecule has 0 bridgehead atoms. The van der Waals surface area contributed by atoms with Crippen LogP contribution in [-0.2, 0) is 4.79 Å². The van der Waals surface area contributed by atoms with Gasteiger partial charge in [-0.05, 0) is 45.0 Å². The molecule has 0 heterocycles. The van der Waals surface area contributed by atoms with E-state index in [9.17, 15) is 4.79 Å². The SMILES string of the molecule is CC(C)(C)N/C=C(/C#N)C(=O)Nc1ccc(Cl)cc1. The van der Waals surface area contributed by atoms with Gasteiger partial charge in [0.2, 0.25) is 0 Å². The predicted molar refractivity (Wildman–Crippen MR) is 76.7 cm³/mol. The Morgan fingerprint density at radius 3 is 2.37 bits per heavy atom. The minimum atomic E-state index is -0.457. The van der Waals surface area contributed by atoms with E-state index in [2.05, 4.69) is 10.6 Å². The molecule has 0 unspecified atom stereocenters. The fourth-order valence-electron chi connectivity index (χ4n) is 1.17. The Morgan fingerprint density at radius 2 is 1.89 bits per heavy atom. The summed E-state index contributed by atoms with van der Waals surface area (Å²) in [6.45, 7) is 5.82. The number of anilines is 1. The van der Waals surface area contributed by atoms with Crippen molar-refractivity contribution in [3.8, 4) is 6.07 Å². The number of nitrogens with zero attached hydrogens (tertiary/aromatic N) is 1. The Kier molecular flexibility index (Phi) is 4.96. The van der Waals surface area contributed by atoms with Gasteiger partial charge >= 0.3 is 0 Å². The van der Waals surface area contributed by atoms with E-state index >= 15 is 0 Å². The maximum Gasteiger partial charge on any atom is 0.267 e. The minimum absolute atomic E-state index is 0.0184. The Morgan fingerprint density at radius 1 is 1.32 bits per heavy atom. The summed E-state index contributed by atoms with van der Waals surface area (Å²) in [5, 5.41) is 15.2. The summed E-state index contributed by atoms with van der Waals surface area (Å²) >= 11 is 5.75. The first kappa shape index (κ1) is 15.1. The molecule has 0 atom stereocenters.